The summed E-state index contributed by atoms with van der Waals surface area (Å²) < 4.78 is 0. The zero-order valence-corrected chi connectivity index (χ0v) is 14.4. The molecule has 5 nitrogen and oxygen atoms in total. The second kappa shape index (κ2) is 8.09. The Balaban J connectivity index is 1.80. The summed E-state index contributed by atoms with van der Waals surface area (Å²) in [7, 11) is 0. The molecule has 1 saturated heterocycles. The predicted molar refractivity (Wildman–Crippen MR) is 90.5 cm³/mol. The van der Waals surface area contributed by atoms with E-state index >= 15 is 0 Å². The second-order valence-electron chi connectivity index (χ2n) is 6.73. The fourth-order valence-electron chi connectivity index (χ4n) is 3.24. The highest BCUT2D eigenvalue weighted by Crippen LogP contribution is 2.18. The van der Waals surface area contributed by atoms with Crippen molar-refractivity contribution in [2.45, 2.75) is 20.8 Å². The van der Waals surface area contributed by atoms with Crippen molar-refractivity contribution < 1.29 is 14.6 Å². The Morgan fingerprint density at radius 3 is 2.35 bits per heavy atom. The maximum atomic E-state index is 12.3. The maximum absolute atomic E-state index is 12.3. The number of quaternary nitrogens is 2. The summed E-state index contributed by atoms with van der Waals surface area (Å²) >= 11 is 0. The third kappa shape index (κ3) is 5.05. The average molecular weight is 316 g/mol. The number of nitrogens with zero attached hydrogens (tertiary/aromatic N) is 1. The third-order valence-corrected chi connectivity index (χ3v) is 4.64. The van der Waals surface area contributed by atoms with E-state index in [9.17, 15) is 4.79 Å². The molecule has 1 aromatic carbocycles. The van der Waals surface area contributed by atoms with Gasteiger partial charge in [0.1, 0.15) is 26.2 Å². The lowest BCUT2D eigenvalue weighted by atomic mass is 10.1. The summed E-state index contributed by atoms with van der Waals surface area (Å²) in [6, 6.07) is 8.36. The van der Waals surface area contributed by atoms with Gasteiger partial charge in [-0.2, -0.15) is 5.26 Å². The Bertz CT molecular complexity index is 565. The number of hydrogen-bond acceptors (Lipinski definition) is 2. The van der Waals surface area contributed by atoms with Gasteiger partial charge in [0.25, 0.3) is 5.91 Å². The molecule has 3 N–H and O–H groups in total. The molecule has 1 aliphatic heterocycles. The van der Waals surface area contributed by atoms with Crippen LogP contribution in [0.3, 0.4) is 0 Å². The molecule has 1 aliphatic rings. The highest BCUT2D eigenvalue weighted by atomic mass is 16.2. The molecule has 0 bridgehead atoms. The summed E-state index contributed by atoms with van der Waals surface area (Å²) in [5.74, 6) is 0.199. The molecular formula is C18H28N4O+2. The number of hydrogen-bond donors (Lipinski definition) is 3. The van der Waals surface area contributed by atoms with E-state index in [4.69, 9.17) is 5.26 Å². The van der Waals surface area contributed by atoms with Crippen molar-refractivity contribution >= 4 is 11.6 Å². The first-order chi connectivity index (χ1) is 11.0. The lowest BCUT2D eigenvalue weighted by Crippen LogP contribution is -3.28. The summed E-state index contributed by atoms with van der Waals surface area (Å²) in [4.78, 5) is 15.1. The maximum Gasteiger partial charge on any atom is 0.279 e. The Hall–Kier alpha value is -1.90. The Morgan fingerprint density at radius 2 is 1.78 bits per heavy atom. The number of para-hydroxylation sites is 1. The molecule has 1 atom stereocenters. The van der Waals surface area contributed by atoms with Gasteiger partial charge in [0.05, 0.1) is 18.5 Å². The van der Waals surface area contributed by atoms with Crippen molar-refractivity contribution in [3.8, 4) is 6.07 Å². The molecule has 0 radical (unpaired) electrons. The highest BCUT2D eigenvalue weighted by molar-refractivity contribution is 5.93. The Kier molecular flexibility index (Phi) is 6.14. The molecule has 0 aliphatic carbocycles. The molecule has 0 spiro atoms. The molecular weight excluding hydrogens is 288 g/mol. The van der Waals surface area contributed by atoms with E-state index in [0.29, 0.717) is 6.54 Å². The highest BCUT2D eigenvalue weighted by Gasteiger charge is 2.26. The molecule has 0 unspecified atom stereocenters. The van der Waals surface area contributed by atoms with E-state index in [2.05, 4.69) is 11.4 Å². The van der Waals surface area contributed by atoms with Crippen molar-refractivity contribution in [3.05, 3.63) is 29.3 Å². The van der Waals surface area contributed by atoms with Gasteiger partial charge in [-0.05, 0) is 31.9 Å². The largest absolute Gasteiger partial charge is 0.325 e. The van der Waals surface area contributed by atoms with Gasteiger partial charge in [-0.1, -0.05) is 18.2 Å². The number of carbonyl (C=O) groups excluding carboxylic acids is 1. The van der Waals surface area contributed by atoms with Crippen molar-refractivity contribution in [2.24, 2.45) is 5.92 Å². The number of piperazine rings is 1. The smallest absolute Gasteiger partial charge is 0.279 e. The average Bonchev–Trinajstić information content (AvgIpc) is 2.53. The number of nitrogens with one attached hydrogen (secondary N) is 3. The van der Waals surface area contributed by atoms with Crippen LogP contribution in [0.25, 0.3) is 0 Å². The predicted octanol–water partition coefficient (Wildman–Crippen LogP) is -0.815. The molecule has 0 aromatic heterocycles. The van der Waals surface area contributed by atoms with Gasteiger partial charge in [-0.3, -0.25) is 4.79 Å². The molecule has 1 amide bonds. The van der Waals surface area contributed by atoms with E-state index < -0.39 is 0 Å². The number of aryl methyl sites for hydroxylation is 2. The lowest BCUT2D eigenvalue weighted by Gasteiger charge is -2.29. The third-order valence-electron chi connectivity index (χ3n) is 4.64. The van der Waals surface area contributed by atoms with E-state index in [-0.39, 0.29) is 11.8 Å². The minimum Gasteiger partial charge on any atom is -0.325 e. The molecule has 124 valence electrons. The second-order valence-corrected chi connectivity index (χ2v) is 6.73. The van der Waals surface area contributed by atoms with E-state index in [0.717, 1.165) is 49.5 Å². The molecule has 1 fully saturated rings. The van der Waals surface area contributed by atoms with Gasteiger partial charge in [-0.25, -0.2) is 0 Å². The molecule has 2 rings (SSSR count). The van der Waals surface area contributed by atoms with Crippen LogP contribution in [0.2, 0.25) is 0 Å². The van der Waals surface area contributed by atoms with Gasteiger partial charge >= 0.3 is 0 Å². The first kappa shape index (κ1) is 17.5. The van der Waals surface area contributed by atoms with Gasteiger partial charge in [-0.15, -0.1) is 0 Å². The SMILES string of the molecule is Cc1cccc(C)c1NC(=O)C[NH+]1CC[NH+](C[C@H](C)C#N)CC1. The van der Waals surface area contributed by atoms with E-state index in [1.165, 1.54) is 9.80 Å². The number of amides is 1. The Labute approximate surface area is 138 Å². The molecule has 5 heteroatoms. The lowest BCUT2D eigenvalue weighted by molar-refractivity contribution is -1.01. The van der Waals surface area contributed by atoms with Crippen LogP contribution < -0.4 is 15.1 Å². The van der Waals surface area contributed by atoms with Gasteiger partial charge < -0.3 is 15.1 Å². The summed E-state index contributed by atoms with van der Waals surface area (Å²) in [5.41, 5.74) is 3.16. The monoisotopic (exact) mass is 316 g/mol. The quantitative estimate of drug-likeness (QED) is 0.665. The standard InChI is InChI=1S/C18H26N4O/c1-14(11-19)12-21-7-9-22(10-8-21)13-17(23)20-18-15(2)5-4-6-16(18)3/h4-6,14H,7-10,12-13H2,1-3H3,(H,20,23)/p+2/t14-/m1/s1. The van der Waals surface area contributed by atoms with Gasteiger partial charge in [0.15, 0.2) is 6.54 Å². The molecule has 0 saturated carbocycles. The molecule has 1 heterocycles. The topological polar surface area (TPSA) is 61.8 Å². The fraction of sp³-hybridized carbons (Fsp3) is 0.556. The molecule has 1 aromatic rings. The Morgan fingerprint density at radius 1 is 1.22 bits per heavy atom. The number of anilines is 1. The minimum absolute atomic E-state index is 0.0891. The van der Waals surface area contributed by atoms with Crippen molar-refractivity contribution in [2.75, 3.05) is 44.6 Å². The summed E-state index contributed by atoms with van der Waals surface area (Å²) in [6.07, 6.45) is 0. The summed E-state index contributed by atoms with van der Waals surface area (Å²) in [6.45, 7) is 11.5. The van der Waals surface area contributed by atoms with Crippen LogP contribution in [0, 0.1) is 31.1 Å². The first-order valence-corrected chi connectivity index (χ1v) is 8.42. The van der Waals surface area contributed by atoms with Crippen LogP contribution in [0.1, 0.15) is 18.1 Å². The number of benzene rings is 1. The van der Waals surface area contributed by atoms with Crippen molar-refractivity contribution in [1.82, 2.24) is 0 Å². The summed E-state index contributed by atoms with van der Waals surface area (Å²) in [5, 5.41) is 12.0. The van der Waals surface area contributed by atoms with E-state index in [1.54, 1.807) is 0 Å². The zero-order chi connectivity index (χ0) is 16.8. The minimum atomic E-state index is 0.0891. The van der Waals surface area contributed by atoms with Crippen LogP contribution in [-0.4, -0.2) is 45.2 Å². The number of rotatable bonds is 5. The fourth-order valence-corrected chi connectivity index (χ4v) is 3.24. The van der Waals surface area contributed by atoms with Crippen LogP contribution in [0.15, 0.2) is 18.2 Å². The molecule has 23 heavy (non-hydrogen) atoms. The van der Waals surface area contributed by atoms with Gasteiger partial charge in [0.2, 0.25) is 0 Å². The number of nitriles is 1. The van der Waals surface area contributed by atoms with Crippen molar-refractivity contribution in [3.63, 3.8) is 0 Å². The van der Waals surface area contributed by atoms with Crippen LogP contribution in [0.5, 0.6) is 0 Å². The zero-order valence-electron chi connectivity index (χ0n) is 14.4. The van der Waals surface area contributed by atoms with Crippen LogP contribution >= 0.6 is 0 Å². The normalized spacial score (nSPS) is 22.2. The van der Waals surface area contributed by atoms with Crippen LogP contribution in [0.4, 0.5) is 5.69 Å². The first-order valence-electron chi connectivity index (χ1n) is 8.42. The van der Waals surface area contributed by atoms with Crippen LogP contribution in [-0.2, 0) is 4.79 Å². The van der Waals surface area contributed by atoms with Crippen molar-refractivity contribution in [1.29, 1.82) is 5.26 Å². The van der Waals surface area contributed by atoms with Gasteiger partial charge in [0, 0.05) is 5.69 Å². The van der Waals surface area contributed by atoms with E-state index in [1.807, 2.05) is 39.0 Å². The number of carbonyl (C=O) groups is 1.